The highest BCUT2D eigenvalue weighted by Gasteiger charge is 2.23. The van der Waals surface area contributed by atoms with Crippen LogP contribution in [0.2, 0.25) is 0 Å². The minimum Gasteiger partial charge on any atom is -0.507 e. The quantitative estimate of drug-likeness (QED) is 0.709. The van der Waals surface area contributed by atoms with Gasteiger partial charge in [-0.3, -0.25) is 9.69 Å². The molecule has 1 saturated heterocycles. The first-order chi connectivity index (χ1) is 9.61. The summed E-state index contributed by atoms with van der Waals surface area (Å²) in [4.78, 5) is 14.1. The Kier molecular flexibility index (Phi) is 4.43. The van der Waals surface area contributed by atoms with Crippen molar-refractivity contribution in [3.63, 3.8) is 0 Å². The highest BCUT2D eigenvalue weighted by atomic mass is 16.3. The number of nitrogens with one attached hydrogen (secondary N) is 1. The van der Waals surface area contributed by atoms with Crippen LogP contribution in [0.3, 0.4) is 0 Å². The molecular weight excluding hydrogens is 258 g/mol. The van der Waals surface area contributed by atoms with E-state index < -0.39 is 5.91 Å². The minimum absolute atomic E-state index is 0.00329. The van der Waals surface area contributed by atoms with Crippen LogP contribution in [0, 0.1) is 11.3 Å². The second-order valence-electron chi connectivity index (χ2n) is 4.85. The average Bonchev–Trinajstić information content (AvgIpc) is 2.41. The van der Waals surface area contributed by atoms with Crippen molar-refractivity contribution in [2.75, 3.05) is 19.6 Å². The Morgan fingerprint density at radius 3 is 2.50 bits per heavy atom. The average molecular weight is 275 g/mol. The van der Waals surface area contributed by atoms with E-state index in [1.165, 1.54) is 18.2 Å². The maximum atomic E-state index is 12.1. The number of carbonyl (C=O) groups excluding carboxylic acids is 1. The van der Waals surface area contributed by atoms with Crippen molar-refractivity contribution in [3.05, 3.63) is 23.8 Å². The number of nitrogens with zero attached hydrogens (tertiary/aromatic N) is 2. The first kappa shape index (κ1) is 14.2. The molecule has 0 aromatic heterocycles. The molecule has 1 aliphatic heterocycles. The lowest BCUT2D eigenvalue weighted by Gasteiger charge is -2.30. The molecule has 0 aliphatic carbocycles. The number of hydrogen-bond acceptors (Lipinski definition) is 5. The number of amides is 1. The predicted octanol–water partition coefficient (Wildman–Crippen LogP) is 0.816. The van der Waals surface area contributed by atoms with E-state index in [2.05, 4.69) is 11.4 Å². The second-order valence-corrected chi connectivity index (χ2v) is 4.85. The summed E-state index contributed by atoms with van der Waals surface area (Å²) in [5, 5.41) is 30.7. The van der Waals surface area contributed by atoms with Crippen molar-refractivity contribution >= 4 is 5.91 Å². The third-order valence-corrected chi connectivity index (χ3v) is 3.46. The fourth-order valence-electron chi connectivity index (χ4n) is 2.35. The molecule has 0 saturated carbocycles. The van der Waals surface area contributed by atoms with Crippen LogP contribution in [-0.2, 0) is 0 Å². The number of hydrogen-bond donors (Lipinski definition) is 3. The molecule has 0 unspecified atom stereocenters. The minimum atomic E-state index is -0.473. The molecule has 0 bridgehead atoms. The first-order valence-electron chi connectivity index (χ1n) is 6.53. The summed E-state index contributed by atoms with van der Waals surface area (Å²) in [6.07, 6.45) is 1.50. The molecule has 1 amide bonds. The first-order valence-corrected chi connectivity index (χ1v) is 6.53. The maximum Gasteiger partial charge on any atom is 0.259 e. The van der Waals surface area contributed by atoms with Crippen molar-refractivity contribution in [3.8, 4) is 17.6 Å². The summed E-state index contributed by atoms with van der Waals surface area (Å²) in [5.41, 5.74) is -0.0908. The third-order valence-electron chi connectivity index (χ3n) is 3.46. The molecular formula is C14H17N3O3. The zero-order valence-corrected chi connectivity index (χ0v) is 11.0. The van der Waals surface area contributed by atoms with Crippen LogP contribution < -0.4 is 5.32 Å². The third kappa shape index (κ3) is 3.19. The number of nitriles is 1. The van der Waals surface area contributed by atoms with Gasteiger partial charge in [0.25, 0.3) is 5.91 Å². The van der Waals surface area contributed by atoms with Gasteiger partial charge >= 0.3 is 0 Å². The van der Waals surface area contributed by atoms with Gasteiger partial charge in [0.1, 0.15) is 17.1 Å². The fraction of sp³-hybridized carbons (Fsp3) is 0.429. The van der Waals surface area contributed by atoms with Gasteiger partial charge < -0.3 is 15.5 Å². The van der Waals surface area contributed by atoms with Gasteiger partial charge in [0.05, 0.1) is 12.6 Å². The van der Waals surface area contributed by atoms with E-state index in [1.54, 1.807) is 0 Å². The molecule has 1 aliphatic rings. The monoisotopic (exact) mass is 275 g/mol. The highest BCUT2D eigenvalue weighted by Crippen LogP contribution is 2.26. The summed E-state index contributed by atoms with van der Waals surface area (Å²) in [6.45, 7) is 1.91. The molecule has 20 heavy (non-hydrogen) atoms. The van der Waals surface area contributed by atoms with E-state index in [0.29, 0.717) is 6.54 Å². The van der Waals surface area contributed by atoms with Gasteiger partial charge in [-0.15, -0.1) is 0 Å². The van der Waals surface area contributed by atoms with E-state index >= 15 is 0 Å². The van der Waals surface area contributed by atoms with Gasteiger partial charge in [-0.2, -0.15) is 5.26 Å². The smallest absolute Gasteiger partial charge is 0.259 e. The van der Waals surface area contributed by atoms with E-state index in [9.17, 15) is 15.0 Å². The van der Waals surface area contributed by atoms with Gasteiger partial charge in [-0.25, -0.2) is 0 Å². The molecule has 1 aromatic rings. The van der Waals surface area contributed by atoms with E-state index in [-0.39, 0.29) is 23.1 Å². The van der Waals surface area contributed by atoms with Gasteiger partial charge in [-0.05, 0) is 25.0 Å². The summed E-state index contributed by atoms with van der Waals surface area (Å²) >= 11 is 0. The molecule has 0 radical (unpaired) electrons. The second kappa shape index (κ2) is 6.26. The number of piperidine rings is 1. The SMILES string of the molecule is N#CCN1CCC(NC(=O)c2c(O)cccc2O)CC1. The predicted molar refractivity (Wildman–Crippen MR) is 72.3 cm³/mol. The number of phenols is 2. The van der Waals surface area contributed by atoms with Crippen LogP contribution >= 0.6 is 0 Å². The normalized spacial score (nSPS) is 16.6. The molecule has 0 spiro atoms. The molecule has 1 aromatic carbocycles. The van der Waals surface area contributed by atoms with Crippen LogP contribution in [0.4, 0.5) is 0 Å². The van der Waals surface area contributed by atoms with Gasteiger partial charge in [0.2, 0.25) is 0 Å². The van der Waals surface area contributed by atoms with Crippen molar-refractivity contribution in [1.29, 1.82) is 5.26 Å². The number of likely N-dealkylation sites (tertiary alicyclic amines) is 1. The lowest BCUT2D eigenvalue weighted by molar-refractivity contribution is 0.0909. The number of benzene rings is 1. The zero-order valence-electron chi connectivity index (χ0n) is 11.0. The molecule has 3 N–H and O–H groups in total. The van der Waals surface area contributed by atoms with Crippen molar-refractivity contribution in [2.24, 2.45) is 0 Å². The van der Waals surface area contributed by atoms with E-state index in [4.69, 9.17) is 5.26 Å². The van der Waals surface area contributed by atoms with Crippen LogP contribution in [0.25, 0.3) is 0 Å². The largest absolute Gasteiger partial charge is 0.507 e. The highest BCUT2D eigenvalue weighted by molar-refractivity contribution is 5.99. The Bertz CT molecular complexity index is 511. The molecule has 106 valence electrons. The summed E-state index contributed by atoms with van der Waals surface area (Å²) < 4.78 is 0. The molecule has 6 nitrogen and oxygen atoms in total. The van der Waals surface area contributed by atoms with Gasteiger partial charge in [0.15, 0.2) is 0 Å². The Morgan fingerprint density at radius 1 is 1.35 bits per heavy atom. The Hall–Kier alpha value is -2.26. The van der Waals surface area contributed by atoms with Crippen molar-refractivity contribution in [2.45, 2.75) is 18.9 Å². The molecule has 1 heterocycles. The standard InChI is InChI=1S/C14H17N3O3/c15-6-9-17-7-4-10(5-8-17)16-14(20)13-11(18)2-1-3-12(13)19/h1-3,10,18-19H,4-5,7-9H2,(H,16,20). The molecule has 1 fully saturated rings. The molecule has 0 atom stereocenters. The number of carbonyl (C=O) groups is 1. The summed E-state index contributed by atoms with van der Waals surface area (Å²) in [7, 11) is 0. The van der Waals surface area contributed by atoms with Crippen LogP contribution in [0.15, 0.2) is 18.2 Å². The van der Waals surface area contributed by atoms with Crippen molar-refractivity contribution in [1.82, 2.24) is 10.2 Å². The van der Waals surface area contributed by atoms with Gasteiger partial charge in [-0.1, -0.05) is 6.07 Å². The van der Waals surface area contributed by atoms with Crippen LogP contribution in [0.1, 0.15) is 23.2 Å². The Morgan fingerprint density at radius 2 is 1.95 bits per heavy atom. The lowest BCUT2D eigenvalue weighted by atomic mass is 10.0. The van der Waals surface area contributed by atoms with Gasteiger partial charge in [0, 0.05) is 19.1 Å². The topological polar surface area (TPSA) is 96.6 Å². The fourth-order valence-corrected chi connectivity index (χ4v) is 2.35. The summed E-state index contributed by atoms with van der Waals surface area (Å²) in [6, 6.07) is 6.31. The van der Waals surface area contributed by atoms with Crippen molar-refractivity contribution < 1.29 is 15.0 Å². The Labute approximate surface area is 117 Å². The van der Waals surface area contributed by atoms with E-state index in [0.717, 1.165) is 25.9 Å². The maximum absolute atomic E-state index is 12.1. The molecule has 2 rings (SSSR count). The Balaban J connectivity index is 1.95. The van der Waals surface area contributed by atoms with Crippen LogP contribution in [0.5, 0.6) is 11.5 Å². The summed E-state index contributed by atoms with van der Waals surface area (Å²) in [5.74, 6) is -0.937. The number of rotatable bonds is 3. The van der Waals surface area contributed by atoms with E-state index in [1.807, 2.05) is 4.90 Å². The number of aromatic hydroxyl groups is 2. The number of phenolic OH excluding ortho intramolecular Hbond substituents is 2. The lowest BCUT2D eigenvalue weighted by Crippen LogP contribution is -2.44. The van der Waals surface area contributed by atoms with Crippen LogP contribution in [-0.4, -0.2) is 46.7 Å². The zero-order chi connectivity index (χ0) is 14.5. The molecule has 6 heteroatoms.